The molecule has 8 nitrogen and oxygen atoms in total. The molecule has 0 spiro atoms. The van der Waals surface area contributed by atoms with E-state index in [4.69, 9.17) is 14.2 Å². The van der Waals surface area contributed by atoms with Crippen LogP contribution in [0.4, 0.5) is 0 Å². The standard InChI is InChI=1S/C30H30N2O6/c1-18(32-29(34)27-28(23(36-2)14-15-31-27)38-25(33)16-19-12-13-19)30(35)37-24-17-21-10-6-7-11-22(21)26(24)20-8-4-3-5-9-20/h3-11,14-15,18-19,24,26H,12-13,16-17H2,1-2H3,(H,32,34)/t18-,24?,26?/m0/s1. The lowest BCUT2D eigenvalue weighted by Crippen LogP contribution is -2.42. The lowest BCUT2D eigenvalue weighted by atomic mass is 9.91. The number of aromatic nitrogens is 1. The zero-order chi connectivity index (χ0) is 26.6. The number of hydrogen-bond acceptors (Lipinski definition) is 7. The van der Waals surface area contributed by atoms with Crippen molar-refractivity contribution in [3.63, 3.8) is 0 Å². The Kier molecular flexibility index (Phi) is 7.40. The maximum absolute atomic E-state index is 13.1. The van der Waals surface area contributed by atoms with E-state index in [-0.39, 0.29) is 29.5 Å². The minimum Gasteiger partial charge on any atom is -0.493 e. The smallest absolute Gasteiger partial charge is 0.328 e. The van der Waals surface area contributed by atoms with Gasteiger partial charge in [0.05, 0.1) is 7.11 Å². The Morgan fingerprint density at radius 3 is 2.50 bits per heavy atom. The van der Waals surface area contributed by atoms with Crippen molar-refractivity contribution in [1.29, 1.82) is 0 Å². The fraction of sp³-hybridized carbons (Fsp3) is 0.333. The van der Waals surface area contributed by atoms with E-state index in [1.807, 2.05) is 48.5 Å². The predicted octanol–water partition coefficient (Wildman–Crippen LogP) is 4.21. The Balaban J connectivity index is 1.29. The third-order valence-corrected chi connectivity index (χ3v) is 6.98. The lowest BCUT2D eigenvalue weighted by molar-refractivity contribution is -0.151. The Labute approximate surface area is 221 Å². The molecule has 0 bridgehead atoms. The van der Waals surface area contributed by atoms with Crippen LogP contribution in [-0.2, 0) is 20.7 Å². The maximum Gasteiger partial charge on any atom is 0.328 e. The molecule has 38 heavy (non-hydrogen) atoms. The summed E-state index contributed by atoms with van der Waals surface area (Å²) in [6.45, 7) is 1.55. The molecule has 196 valence electrons. The van der Waals surface area contributed by atoms with Gasteiger partial charge in [-0.15, -0.1) is 0 Å². The number of benzene rings is 2. The van der Waals surface area contributed by atoms with Gasteiger partial charge < -0.3 is 19.5 Å². The van der Waals surface area contributed by atoms with Crippen LogP contribution in [-0.4, -0.2) is 42.1 Å². The molecule has 1 saturated carbocycles. The van der Waals surface area contributed by atoms with Crippen molar-refractivity contribution in [2.75, 3.05) is 7.11 Å². The number of hydrogen-bond donors (Lipinski definition) is 1. The summed E-state index contributed by atoms with van der Waals surface area (Å²) in [7, 11) is 1.41. The topological polar surface area (TPSA) is 104 Å². The monoisotopic (exact) mass is 514 g/mol. The molecule has 1 fully saturated rings. The van der Waals surface area contributed by atoms with Crippen LogP contribution in [0.15, 0.2) is 66.9 Å². The zero-order valence-corrected chi connectivity index (χ0v) is 21.4. The second kappa shape index (κ2) is 11.0. The molecule has 2 aliphatic rings. The maximum atomic E-state index is 13.1. The van der Waals surface area contributed by atoms with E-state index >= 15 is 0 Å². The van der Waals surface area contributed by atoms with Crippen LogP contribution in [0, 0.1) is 5.92 Å². The number of methoxy groups -OCH3 is 1. The summed E-state index contributed by atoms with van der Waals surface area (Å²) in [5.41, 5.74) is 3.19. The second-order valence-electron chi connectivity index (χ2n) is 9.77. The van der Waals surface area contributed by atoms with Gasteiger partial charge in [0.2, 0.25) is 5.75 Å². The van der Waals surface area contributed by atoms with Gasteiger partial charge in [-0.05, 0) is 42.4 Å². The van der Waals surface area contributed by atoms with E-state index in [1.165, 1.54) is 19.4 Å². The highest BCUT2D eigenvalue weighted by atomic mass is 16.6. The molecule has 8 heteroatoms. The normalized spacial score (nSPS) is 18.7. The number of fused-ring (bicyclic) bond motifs is 1. The summed E-state index contributed by atoms with van der Waals surface area (Å²) in [6.07, 6.45) is 3.81. The van der Waals surface area contributed by atoms with Gasteiger partial charge in [-0.25, -0.2) is 9.78 Å². The van der Waals surface area contributed by atoms with E-state index in [9.17, 15) is 14.4 Å². The van der Waals surface area contributed by atoms with Gasteiger partial charge in [-0.1, -0.05) is 54.6 Å². The van der Waals surface area contributed by atoms with E-state index in [2.05, 4.69) is 16.4 Å². The SMILES string of the molecule is COc1ccnc(C(=O)N[C@@H](C)C(=O)OC2Cc3ccccc3C2c2ccccc2)c1OC(=O)CC1CC1. The number of nitrogens with one attached hydrogen (secondary N) is 1. The van der Waals surface area contributed by atoms with Gasteiger partial charge in [0, 0.05) is 31.0 Å². The van der Waals surface area contributed by atoms with Crippen molar-refractivity contribution >= 4 is 17.8 Å². The Morgan fingerprint density at radius 2 is 1.76 bits per heavy atom. The lowest BCUT2D eigenvalue weighted by Gasteiger charge is -2.23. The number of amides is 1. The average Bonchev–Trinajstić information content (AvgIpc) is 3.66. The highest BCUT2D eigenvalue weighted by Gasteiger charge is 2.37. The van der Waals surface area contributed by atoms with Crippen molar-refractivity contribution in [3.05, 3.63) is 89.2 Å². The number of rotatable bonds is 9. The van der Waals surface area contributed by atoms with Crippen LogP contribution < -0.4 is 14.8 Å². The van der Waals surface area contributed by atoms with E-state index in [1.54, 1.807) is 6.92 Å². The molecule has 2 aromatic carbocycles. The molecule has 1 amide bonds. The number of ether oxygens (including phenoxy) is 3. The van der Waals surface area contributed by atoms with Gasteiger partial charge in [0.25, 0.3) is 5.91 Å². The van der Waals surface area contributed by atoms with Crippen molar-refractivity contribution in [1.82, 2.24) is 10.3 Å². The third kappa shape index (κ3) is 5.54. The molecule has 5 rings (SSSR count). The quantitative estimate of drug-likeness (QED) is 0.427. The molecule has 2 aliphatic carbocycles. The Bertz CT molecular complexity index is 1340. The molecule has 3 atom stereocenters. The van der Waals surface area contributed by atoms with Gasteiger partial charge in [-0.3, -0.25) is 9.59 Å². The molecule has 1 aromatic heterocycles. The van der Waals surface area contributed by atoms with Crippen molar-refractivity contribution in [2.45, 2.75) is 50.7 Å². The molecule has 1 N–H and O–H groups in total. The van der Waals surface area contributed by atoms with E-state index in [0.29, 0.717) is 12.3 Å². The molecule has 0 saturated heterocycles. The number of carbonyl (C=O) groups excluding carboxylic acids is 3. The predicted molar refractivity (Wildman–Crippen MR) is 139 cm³/mol. The third-order valence-electron chi connectivity index (χ3n) is 6.98. The summed E-state index contributed by atoms with van der Waals surface area (Å²) in [5.74, 6) is -1.32. The Morgan fingerprint density at radius 1 is 1.03 bits per heavy atom. The first-order valence-corrected chi connectivity index (χ1v) is 12.8. The summed E-state index contributed by atoms with van der Waals surface area (Å²) < 4.78 is 16.7. The van der Waals surface area contributed by atoms with Crippen LogP contribution >= 0.6 is 0 Å². The number of carbonyl (C=O) groups is 3. The van der Waals surface area contributed by atoms with Crippen LogP contribution in [0.25, 0.3) is 0 Å². The van der Waals surface area contributed by atoms with Crippen LogP contribution in [0.5, 0.6) is 11.5 Å². The van der Waals surface area contributed by atoms with Crippen LogP contribution in [0.3, 0.4) is 0 Å². The Hall–Kier alpha value is -4.20. The first-order chi connectivity index (χ1) is 18.4. The molecule has 0 aliphatic heterocycles. The first-order valence-electron chi connectivity index (χ1n) is 12.8. The molecule has 2 unspecified atom stereocenters. The number of esters is 2. The molecule has 3 aromatic rings. The number of pyridine rings is 1. The molecule has 0 radical (unpaired) electrons. The first kappa shape index (κ1) is 25.4. The van der Waals surface area contributed by atoms with Crippen molar-refractivity contribution in [3.8, 4) is 11.5 Å². The molecule has 1 heterocycles. The largest absolute Gasteiger partial charge is 0.493 e. The fourth-order valence-electron chi connectivity index (χ4n) is 4.86. The summed E-state index contributed by atoms with van der Waals surface area (Å²) in [4.78, 5) is 42.7. The van der Waals surface area contributed by atoms with Crippen LogP contribution in [0.2, 0.25) is 0 Å². The van der Waals surface area contributed by atoms with Gasteiger partial charge >= 0.3 is 11.9 Å². The van der Waals surface area contributed by atoms with Gasteiger partial charge in [0.15, 0.2) is 11.4 Å². The minimum absolute atomic E-state index is 0.0610. The van der Waals surface area contributed by atoms with Crippen LogP contribution in [0.1, 0.15) is 59.3 Å². The minimum atomic E-state index is -0.967. The molecular formula is C30H30N2O6. The summed E-state index contributed by atoms with van der Waals surface area (Å²) >= 11 is 0. The van der Waals surface area contributed by atoms with Gasteiger partial charge in [0.1, 0.15) is 12.1 Å². The number of nitrogens with zero attached hydrogens (tertiary/aromatic N) is 1. The zero-order valence-electron chi connectivity index (χ0n) is 21.4. The highest BCUT2D eigenvalue weighted by Crippen LogP contribution is 2.40. The van der Waals surface area contributed by atoms with E-state index in [0.717, 1.165) is 29.5 Å². The fourth-order valence-corrected chi connectivity index (χ4v) is 4.86. The van der Waals surface area contributed by atoms with Crippen molar-refractivity contribution < 1.29 is 28.6 Å². The second-order valence-corrected chi connectivity index (χ2v) is 9.77. The van der Waals surface area contributed by atoms with E-state index < -0.39 is 30.0 Å². The highest BCUT2D eigenvalue weighted by molar-refractivity contribution is 5.98. The summed E-state index contributed by atoms with van der Waals surface area (Å²) in [5, 5.41) is 2.64. The molecular weight excluding hydrogens is 484 g/mol. The van der Waals surface area contributed by atoms with Crippen molar-refractivity contribution in [2.24, 2.45) is 5.92 Å². The average molecular weight is 515 g/mol. The summed E-state index contributed by atoms with van der Waals surface area (Å²) in [6, 6.07) is 18.6. The van der Waals surface area contributed by atoms with Gasteiger partial charge in [-0.2, -0.15) is 0 Å².